The minimum Gasteiger partial charge on any atom is -0.481 e. The molecule has 3 nitrogen and oxygen atoms in total. The second-order valence-corrected chi connectivity index (χ2v) is 4.78. The Hall–Kier alpha value is -0.570. The minimum absolute atomic E-state index is 0.0579. The standard InChI is InChI=1S/C10H17NO2/c11-6-10(5-9(12)13)3-7-1-2-8(7)4-10/h7-8H,1-6,11H2,(H,12,13)/t7-,8?,10+/m1/s1. The van der Waals surface area contributed by atoms with Gasteiger partial charge in [-0.1, -0.05) is 0 Å². The highest BCUT2D eigenvalue weighted by molar-refractivity contribution is 5.67. The molecule has 1 unspecified atom stereocenters. The Morgan fingerprint density at radius 2 is 1.92 bits per heavy atom. The number of fused-ring (bicyclic) bond motifs is 1. The first-order valence-corrected chi connectivity index (χ1v) is 5.07. The van der Waals surface area contributed by atoms with Gasteiger partial charge in [-0.25, -0.2) is 0 Å². The molecule has 0 aromatic rings. The third kappa shape index (κ3) is 1.46. The number of rotatable bonds is 3. The Kier molecular flexibility index (Phi) is 2.06. The Bertz CT molecular complexity index is 215. The first-order chi connectivity index (χ1) is 6.15. The van der Waals surface area contributed by atoms with Crippen LogP contribution in [0.1, 0.15) is 32.1 Å². The summed E-state index contributed by atoms with van der Waals surface area (Å²) in [5.74, 6) is 0.901. The summed E-state index contributed by atoms with van der Waals surface area (Å²) < 4.78 is 0. The van der Waals surface area contributed by atoms with Gasteiger partial charge in [0.15, 0.2) is 0 Å². The number of carboxylic acids is 1. The predicted molar refractivity (Wildman–Crippen MR) is 49.2 cm³/mol. The average Bonchev–Trinajstić information content (AvgIpc) is 2.28. The van der Waals surface area contributed by atoms with Gasteiger partial charge < -0.3 is 10.8 Å². The molecule has 0 aromatic heterocycles. The van der Waals surface area contributed by atoms with E-state index in [2.05, 4.69) is 0 Å². The molecule has 0 saturated heterocycles. The van der Waals surface area contributed by atoms with Gasteiger partial charge in [0.25, 0.3) is 0 Å². The van der Waals surface area contributed by atoms with Crippen LogP contribution in [0.2, 0.25) is 0 Å². The Labute approximate surface area is 78.3 Å². The highest BCUT2D eigenvalue weighted by atomic mass is 16.4. The van der Waals surface area contributed by atoms with E-state index >= 15 is 0 Å². The monoisotopic (exact) mass is 183 g/mol. The van der Waals surface area contributed by atoms with E-state index in [1.165, 1.54) is 12.8 Å². The van der Waals surface area contributed by atoms with Crippen molar-refractivity contribution in [1.82, 2.24) is 0 Å². The molecule has 3 N–H and O–H groups in total. The molecule has 0 aromatic carbocycles. The smallest absolute Gasteiger partial charge is 0.303 e. The molecule has 0 amide bonds. The maximum absolute atomic E-state index is 10.7. The Morgan fingerprint density at radius 1 is 1.38 bits per heavy atom. The lowest BCUT2D eigenvalue weighted by Crippen LogP contribution is -2.30. The van der Waals surface area contributed by atoms with Crippen molar-refractivity contribution >= 4 is 5.97 Å². The predicted octanol–water partition coefficient (Wildman–Crippen LogP) is 1.23. The highest BCUT2D eigenvalue weighted by Crippen LogP contribution is 2.56. The van der Waals surface area contributed by atoms with E-state index in [-0.39, 0.29) is 11.8 Å². The van der Waals surface area contributed by atoms with Crippen LogP contribution in [0, 0.1) is 17.3 Å². The van der Waals surface area contributed by atoms with E-state index in [1.54, 1.807) is 0 Å². The van der Waals surface area contributed by atoms with Crippen LogP contribution in [0.3, 0.4) is 0 Å². The minimum atomic E-state index is -0.688. The fourth-order valence-corrected chi connectivity index (χ4v) is 3.08. The van der Waals surface area contributed by atoms with Crippen LogP contribution in [0.4, 0.5) is 0 Å². The van der Waals surface area contributed by atoms with Gasteiger partial charge in [-0.15, -0.1) is 0 Å². The summed E-state index contributed by atoms with van der Waals surface area (Å²) >= 11 is 0. The quantitative estimate of drug-likeness (QED) is 0.691. The molecule has 0 bridgehead atoms. The van der Waals surface area contributed by atoms with Gasteiger partial charge in [0, 0.05) is 0 Å². The number of carbonyl (C=O) groups is 1. The van der Waals surface area contributed by atoms with Gasteiger partial charge in [0.2, 0.25) is 0 Å². The van der Waals surface area contributed by atoms with Gasteiger partial charge in [0.05, 0.1) is 6.42 Å². The molecule has 3 heteroatoms. The molecule has 0 aliphatic heterocycles. The molecular weight excluding hydrogens is 166 g/mol. The van der Waals surface area contributed by atoms with Gasteiger partial charge in [-0.2, -0.15) is 0 Å². The first kappa shape index (κ1) is 9.00. The highest BCUT2D eigenvalue weighted by Gasteiger charge is 2.49. The molecule has 3 atom stereocenters. The summed E-state index contributed by atoms with van der Waals surface area (Å²) in [7, 11) is 0. The lowest BCUT2D eigenvalue weighted by molar-refractivity contribution is -0.139. The largest absolute Gasteiger partial charge is 0.481 e. The SMILES string of the molecule is NC[C@]1(CC(=O)O)CC2CC[C@@H]2C1. The van der Waals surface area contributed by atoms with Crippen molar-refractivity contribution < 1.29 is 9.90 Å². The van der Waals surface area contributed by atoms with E-state index in [0.717, 1.165) is 24.7 Å². The zero-order valence-electron chi connectivity index (χ0n) is 7.83. The molecular formula is C10H17NO2. The van der Waals surface area contributed by atoms with E-state index < -0.39 is 5.97 Å². The zero-order chi connectivity index (χ0) is 9.47. The van der Waals surface area contributed by atoms with Crippen molar-refractivity contribution in [2.75, 3.05) is 6.54 Å². The molecule has 13 heavy (non-hydrogen) atoms. The molecule has 74 valence electrons. The van der Waals surface area contributed by atoms with Gasteiger partial charge in [-0.05, 0) is 49.5 Å². The fraction of sp³-hybridized carbons (Fsp3) is 0.900. The van der Waals surface area contributed by atoms with E-state index in [1.807, 2.05) is 0 Å². The number of carboxylic acid groups (broad SMARTS) is 1. The molecule has 2 rings (SSSR count). The van der Waals surface area contributed by atoms with Crippen molar-refractivity contribution in [3.63, 3.8) is 0 Å². The summed E-state index contributed by atoms with van der Waals surface area (Å²) in [4.78, 5) is 10.7. The molecule has 2 aliphatic rings. The Balaban J connectivity index is 2.03. The molecule has 2 saturated carbocycles. The molecule has 0 heterocycles. The summed E-state index contributed by atoms with van der Waals surface area (Å²) in [5, 5.41) is 8.81. The number of hydrogen-bond donors (Lipinski definition) is 2. The van der Waals surface area contributed by atoms with Crippen molar-refractivity contribution in [2.45, 2.75) is 32.1 Å². The van der Waals surface area contributed by atoms with E-state index in [0.29, 0.717) is 6.54 Å². The van der Waals surface area contributed by atoms with Gasteiger partial charge >= 0.3 is 5.97 Å². The zero-order valence-corrected chi connectivity index (χ0v) is 7.83. The van der Waals surface area contributed by atoms with Crippen LogP contribution in [0.15, 0.2) is 0 Å². The van der Waals surface area contributed by atoms with Crippen molar-refractivity contribution in [1.29, 1.82) is 0 Å². The second kappa shape index (κ2) is 2.98. The first-order valence-electron chi connectivity index (χ1n) is 5.07. The maximum Gasteiger partial charge on any atom is 0.303 e. The molecule has 0 spiro atoms. The summed E-state index contributed by atoms with van der Waals surface area (Å²) in [6.07, 6.45) is 4.98. The van der Waals surface area contributed by atoms with Crippen LogP contribution in [0.25, 0.3) is 0 Å². The van der Waals surface area contributed by atoms with Crippen molar-refractivity contribution in [3.05, 3.63) is 0 Å². The topological polar surface area (TPSA) is 63.3 Å². The van der Waals surface area contributed by atoms with Crippen LogP contribution < -0.4 is 5.73 Å². The third-order valence-corrected chi connectivity index (χ3v) is 3.92. The van der Waals surface area contributed by atoms with Crippen molar-refractivity contribution in [2.24, 2.45) is 23.0 Å². The van der Waals surface area contributed by atoms with E-state index in [9.17, 15) is 4.79 Å². The van der Waals surface area contributed by atoms with Crippen LogP contribution in [0.5, 0.6) is 0 Å². The lowest BCUT2D eigenvalue weighted by atomic mass is 9.77. The molecule has 2 aliphatic carbocycles. The van der Waals surface area contributed by atoms with Gasteiger partial charge in [-0.3, -0.25) is 4.79 Å². The number of nitrogens with two attached hydrogens (primary N) is 1. The van der Waals surface area contributed by atoms with Crippen molar-refractivity contribution in [3.8, 4) is 0 Å². The molecule has 0 radical (unpaired) electrons. The van der Waals surface area contributed by atoms with Crippen LogP contribution >= 0.6 is 0 Å². The van der Waals surface area contributed by atoms with Crippen LogP contribution in [-0.4, -0.2) is 17.6 Å². The lowest BCUT2D eigenvalue weighted by Gasteiger charge is -2.29. The van der Waals surface area contributed by atoms with Gasteiger partial charge in [0.1, 0.15) is 0 Å². The van der Waals surface area contributed by atoms with E-state index in [4.69, 9.17) is 10.8 Å². The number of hydrogen-bond acceptors (Lipinski definition) is 2. The Morgan fingerprint density at radius 3 is 2.23 bits per heavy atom. The summed E-state index contributed by atoms with van der Waals surface area (Å²) in [6.45, 7) is 0.548. The van der Waals surface area contributed by atoms with Crippen LogP contribution in [-0.2, 0) is 4.79 Å². The average molecular weight is 183 g/mol. The maximum atomic E-state index is 10.7. The summed E-state index contributed by atoms with van der Waals surface area (Å²) in [5.41, 5.74) is 5.65. The fourth-order valence-electron chi connectivity index (χ4n) is 3.08. The number of aliphatic carboxylic acids is 1. The molecule has 2 fully saturated rings. The second-order valence-electron chi connectivity index (χ2n) is 4.78. The third-order valence-electron chi connectivity index (χ3n) is 3.92. The normalized spacial score (nSPS) is 42.5. The summed E-state index contributed by atoms with van der Waals surface area (Å²) in [6, 6.07) is 0.